The van der Waals surface area contributed by atoms with Gasteiger partial charge in [0, 0.05) is 29.4 Å². The summed E-state index contributed by atoms with van der Waals surface area (Å²) in [5, 5.41) is 1.09. The van der Waals surface area contributed by atoms with Gasteiger partial charge in [-0.15, -0.1) is 6.42 Å². The second-order valence-electron chi connectivity index (χ2n) is 10.3. The summed E-state index contributed by atoms with van der Waals surface area (Å²) < 4.78 is 8.26. The molecule has 3 heteroatoms. The molecule has 2 atom stereocenters. The minimum Gasteiger partial charge on any atom is -0.493 e. The number of terminal acetylenes is 1. The Hall–Kier alpha value is -3.51. The fourth-order valence-corrected chi connectivity index (χ4v) is 5.05. The van der Waals surface area contributed by atoms with Crippen molar-refractivity contribution < 1.29 is 9.53 Å². The number of ether oxygens (including phenoxy) is 1. The molecule has 0 bridgehead atoms. The zero-order valence-corrected chi connectivity index (χ0v) is 23.3. The number of nitrogens with zero attached hydrogens (tertiary/aromatic N) is 1. The summed E-state index contributed by atoms with van der Waals surface area (Å²) in [5.41, 5.74) is 7.03. The van der Waals surface area contributed by atoms with E-state index in [-0.39, 0.29) is 11.8 Å². The molecule has 3 rings (SSSR count). The first-order valence-electron chi connectivity index (χ1n) is 13.3. The molecule has 37 heavy (non-hydrogen) atoms. The summed E-state index contributed by atoms with van der Waals surface area (Å²) in [6, 6.07) is 16.1. The third-order valence-electron chi connectivity index (χ3n) is 6.86. The maximum absolute atomic E-state index is 11.8. The molecule has 3 nitrogen and oxygen atoms in total. The number of hydrogen-bond acceptors (Lipinski definition) is 2. The van der Waals surface area contributed by atoms with E-state index >= 15 is 0 Å². The summed E-state index contributed by atoms with van der Waals surface area (Å²) in [5.74, 6) is 4.58. The second kappa shape index (κ2) is 13.2. The Morgan fingerprint density at radius 2 is 1.84 bits per heavy atom. The van der Waals surface area contributed by atoms with E-state index in [1.165, 1.54) is 11.1 Å². The molecule has 1 aromatic heterocycles. The van der Waals surface area contributed by atoms with Crippen molar-refractivity contribution in [1.29, 1.82) is 0 Å². The molecule has 194 valence electrons. The summed E-state index contributed by atoms with van der Waals surface area (Å²) in [6.07, 6.45) is 14.3. The lowest BCUT2D eigenvalue weighted by molar-refractivity contribution is -0.116. The molecule has 0 amide bonds. The van der Waals surface area contributed by atoms with Gasteiger partial charge in [-0.3, -0.25) is 4.79 Å². The highest BCUT2D eigenvalue weighted by molar-refractivity contribution is 5.90. The van der Waals surface area contributed by atoms with E-state index in [2.05, 4.69) is 81.5 Å². The van der Waals surface area contributed by atoms with Crippen LogP contribution in [0.25, 0.3) is 10.9 Å². The highest BCUT2D eigenvalue weighted by Gasteiger charge is 2.18. The molecule has 0 N–H and O–H groups in total. The van der Waals surface area contributed by atoms with E-state index in [1.807, 2.05) is 24.3 Å². The van der Waals surface area contributed by atoms with Crippen molar-refractivity contribution >= 4 is 16.7 Å². The Morgan fingerprint density at radius 3 is 2.46 bits per heavy atom. The van der Waals surface area contributed by atoms with E-state index in [0.717, 1.165) is 52.7 Å². The lowest BCUT2D eigenvalue weighted by Crippen LogP contribution is -2.10. The van der Waals surface area contributed by atoms with E-state index in [4.69, 9.17) is 11.2 Å². The van der Waals surface area contributed by atoms with Crippen molar-refractivity contribution in [3.63, 3.8) is 0 Å². The molecular formula is C34H41NO2. The smallest absolute Gasteiger partial charge is 0.134 e. The number of ketones is 1. The van der Waals surface area contributed by atoms with Gasteiger partial charge in [0.2, 0.25) is 0 Å². The molecule has 0 aliphatic heterocycles. The molecule has 0 saturated heterocycles. The number of Topliss-reactive ketones (excluding diaryl/α,β-unsaturated/α-hetero) is 1. The van der Waals surface area contributed by atoms with Crippen molar-refractivity contribution in [2.45, 2.75) is 73.3 Å². The van der Waals surface area contributed by atoms with Gasteiger partial charge in [0.05, 0.1) is 6.61 Å². The van der Waals surface area contributed by atoms with Gasteiger partial charge < -0.3 is 9.30 Å². The molecule has 1 heterocycles. The minimum atomic E-state index is -0.239. The van der Waals surface area contributed by atoms with Crippen LogP contribution < -0.4 is 4.74 Å². The van der Waals surface area contributed by atoms with Gasteiger partial charge >= 0.3 is 0 Å². The quantitative estimate of drug-likeness (QED) is 0.187. The molecule has 3 aromatic rings. The Labute approximate surface area is 223 Å². The van der Waals surface area contributed by atoms with E-state index in [1.54, 1.807) is 6.92 Å². The number of carbonyl (C=O) groups excluding carboxylic acids is 1. The van der Waals surface area contributed by atoms with Crippen LogP contribution in [-0.2, 0) is 11.2 Å². The van der Waals surface area contributed by atoms with Crippen molar-refractivity contribution in [2.75, 3.05) is 6.61 Å². The first-order chi connectivity index (χ1) is 17.7. The lowest BCUT2D eigenvalue weighted by atomic mass is 9.98. The molecule has 0 fully saturated rings. The molecule has 2 aromatic carbocycles. The van der Waals surface area contributed by atoms with Crippen LogP contribution in [-0.4, -0.2) is 17.0 Å². The molecule has 0 spiro atoms. The Bertz CT molecular complexity index is 1310. The third-order valence-corrected chi connectivity index (χ3v) is 6.86. The topological polar surface area (TPSA) is 31.2 Å². The normalized spacial score (nSPS) is 13.2. The number of rotatable bonds is 12. The standard InChI is InChI=1S/C34H41NO2/c1-8-28(14-13-25(5)21-24(3)4)19-20-37-31-17-15-29(16-18-31)33(9-2)35-26(6)22-32-30(23-27(7)36)11-10-12-34(32)35/h2,8,10-12,15-18,21-22,25,33H,13-14,19-20,23H2,1,3-7H3/b28-8-. The lowest BCUT2D eigenvalue weighted by Gasteiger charge is -2.18. The average Bonchev–Trinajstić information content (AvgIpc) is 3.19. The number of hydrogen-bond donors (Lipinski definition) is 0. The van der Waals surface area contributed by atoms with Gasteiger partial charge in [0.1, 0.15) is 17.6 Å². The highest BCUT2D eigenvalue weighted by atomic mass is 16.5. The van der Waals surface area contributed by atoms with Crippen LogP contribution >= 0.6 is 0 Å². The highest BCUT2D eigenvalue weighted by Crippen LogP contribution is 2.31. The molecule has 0 aliphatic carbocycles. The number of aryl methyl sites for hydroxylation is 1. The second-order valence-corrected chi connectivity index (χ2v) is 10.3. The van der Waals surface area contributed by atoms with Crippen LogP contribution in [0.4, 0.5) is 0 Å². The first kappa shape index (κ1) is 28.1. The fraction of sp³-hybridized carbons (Fsp3) is 0.382. The molecule has 2 unspecified atom stereocenters. The average molecular weight is 496 g/mol. The Balaban J connectivity index is 1.68. The van der Waals surface area contributed by atoms with Crippen LogP contribution in [0.2, 0.25) is 0 Å². The van der Waals surface area contributed by atoms with Crippen molar-refractivity contribution in [1.82, 2.24) is 4.57 Å². The molecule has 0 radical (unpaired) electrons. The molecule has 0 aliphatic rings. The third kappa shape index (κ3) is 7.49. The molecular weight excluding hydrogens is 454 g/mol. The number of allylic oxidation sites excluding steroid dienone is 3. The van der Waals surface area contributed by atoms with Crippen LogP contribution in [0.5, 0.6) is 5.75 Å². The number of benzene rings is 2. The number of carbonyl (C=O) groups is 1. The van der Waals surface area contributed by atoms with Gasteiger partial charge in [-0.1, -0.05) is 60.4 Å². The first-order valence-corrected chi connectivity index (χ1v) is 13.3. The minimum absolute atomic E-state index is 0.154. The fourth-order valence-electron chi connectivity index (χ4n) is 5.05. The van der Waals surface area contributed by atoms with Crippen LogP contribution in [0, 0.1) is 25.2 Å². The van der Waals surface area contributed by atoms with Crippen LogP contribution in [0.1, 0.15) is 76.7 Å². The zero-order valence-electron chi connectivity index (χ0n) is 23.3. The van der Waals surface area contributed by atoms with Crippen LogP contribution in [0.3, 0.4) is 0 Å². The zero-order chi connectivity index (χ0) is 26.9. The molecule has 0 saturated carbocycles. The van der Waals surface area contributed by atoms with E-state index in [0.29, 0.717) is 18.9 Å². The van der Waals surface area contributed by atoms with Gasteiger partial charge in [-0.2, -0.15) is 0 Å². The van der Waals surface area contributed by atoms with Crippen molar-refractivity contribution in [3.8, 4) is 18.1 Å². The Kier molecular flexibility index (Phi) is 9.98. The summed E-state index contributed by atoms with van der Waals surface area (Å²) >= 11 is 0. The van der Waals surface area contributed by atoms with Gasteiger partial charge in [0.15, 0.2) is 0 Å². The summed E-state index contributed by atoms with van der Waals surface area (Å²) in [4.78, 5) is 11.8. The van der Waals surface area contributed by atoms with Gasteiger partial charge in [-0.05, 0) is 88.8 Å². The Morgan fingerprint density at radius 1 is 1.11 bits per heavy atom. The van der Waals surface area contributed by atoms with Gasteiger partial charge in [0.25, 0.3) is 0 Å². The largest absolute Gasteiger partial charge is 0.493 e. The van der Waals surface area contributed by atoms with E-state index in [9.17, 15) is 4.79 Å². The number of fused-ring (bicyclic) bond motifs is 1. The SMILES string of the molecule is C#CC(c1ccc(OCC/C(=C\C)CCC(C)C=C(C)C)cc1)n1c(C)cc2c(CC(C)=O)cccc21. The maximum atomic E-state index is 11.8. The summed E-state index contributed by atoms with van der Waals surface area (Å²) in [6.45, 7) is 13.1. The maximum Gasteiger partial charge on any atom is 0.134 e. The van der Waals surface area contributed by atoms with Gasteiger partial charge in [-0.25, -0.2) is 0 Å². The van der Waals surface area contributed by atoms with Crippen LogP contribution in [0.15, 0.2) is 71.8 Å². The predicted octanol–water partition coefficient (Wildman–Crippen LogP) is 8.40. The van der Waals surface area contributed by atoms with Crippen molar-refractivity contribution in [3.05, 3.63) is 88.7 Å². The number of aromatic nitrogens is 1. The summed E-state index contributed by atoms with van der Waals surface area (Å²) in [7, 11) is 0. The van der Waals surface area contributed by atoms with E-state index < -0.39 is 0 Å². The predicted molar refractivity (Wildman–Crippen MR) is 156 cm³/mol. The monoisotopic (exact) mass is 495 g/mol. The van der Waals surface area contributed by atoms with Crippen molar-refractivity contribution in [2.24, 2.45) is 5.92 Å².